The Kier molecular flexibility index (Phi) is 7.53. The van der Waals surface area contributed by atoms with E-state index >= 15 is 0 Å². The zero-order valence-corrected chi connectivity index (χ0v) is 22.2. The van der Waals surface area contributed by atoms with Gasteiger partial charge in [0, 0.05) is 15.6 Å². The fourth-order valence-electron chi connectivity index (χ4n) is 4.38. The Morgan fingerprint density at radius 2 is 1.51 bits per heavy atom. The first-order valence-corrected chi connectivity index (χ1v) is 13.1. The van der Waals surface area contributed by atoms with Crippen LogP contribution in [0.15, 0.2) is 144 Å². The van der Waals surface area contributed by atoms with Crippen molar-refractivity contribution in [1.29, 1.82) is 0 Å². The van der Waals surface area contributed by atoms with Crippen molar-refractivity contribution in [1.82, 2.24) is 9.97 Å². The molecular weight excluding hydrogens is 516 g/mol. The van der Waals surface area contributed by atoms with Crippen molar-refractivity contribution in [2.45, 2.75) is 12.8 Å². The summed E-state index contributed by atoms with van der Waals surface area (Å²) in [6.45, 7) is 8.02. The molecule has 0 N–H and O–H groups in total. The van der Waals surface area contributed by atoms with E-state index in [-0.39, 0.29) is 0 Å². The van der Waals surface area contributed by atoms with Crippen LogP contribution in [-0.2, 0) is 0 Å². The standard InChI is InChI=1S/C34H27BrN2/c1-3-4-10-24(2)27-13-8-15-29(21-27)32-23-33(37-34(36-32)26-17-19-31(35)20-18-26)30-16-9-14-28(22-30)25-11-6-5-7-12-25/h3-7,9-12,14-23H,1-2,8,13H2/b10-4-. The highest BCUT2D eigenvalue weighted by Gasteiger charge is 2.15. The van der Waals surface area contributed by atoms with Crippen molar-refractivity contribution in [3.05, 3.63) is 150 Å². The van der Waals surface area contributed by atoms with Gasteiger partial charge < -0.3 is 0 Å². The fourth-order valence-corrected chi connectivity index (χ4v) is 4.65. The van der Waals surface area contributed by atoms with Gasteiger partial charge in [0.1, 0.15) is 0 Å². The molecule has 1 heterocycles. The average Bonchev–Trinajstić information content (AvgIpc) is 2.96. The van der Waals surface area contributed by atoms with Gasteiger partial charge in [-0.3, -0.25) is 0 Å². The Labute approximate surface area is 227 Å². The molecule has 0 fully saturated rings. The Bertz CT molecular complexity index is 1540. The molecule has 37 heavy (non-hydrogen) atoms. The highest BCUT2D eigenvalue weighted by atomic mass is 79.9. The Morgan fingerprint density at radius 1 is 0.784 bits per heavy atom. The molecule has 0 saturated heterocycles. The number of allylic oxidation sites excluding steroid dienone is 8. The molecule has 3 heteroatoms. The summed E-state index contributed by atoms with van der Waals surface area (Å²) in [5.74, 6) is 0.705. The average molecular weight is 544 g/mol. The van der Waals surface area contributed by atoms with Gasteiger partial charge in [0.15, 0.2) is 5.82 Å². The minimum Gasteiger partial charge on any atom is -0.228 e. The van der Waals surface area contributed by atoms with Crippen LogP contribution >= 0.6 is 15.9 Å². The van der Waals surface area contributed by atoms with Crippen LogP contribution in [0.3, 0.4) is 0 Å². The maximum atomic E-state index is 5.02. The van der Waals surface area contributed by atoms with Crippen LogP contribution in [0, 0.1) is 0 Å². The Balaban J connectivity index is 1.61. The minimum absolute atomic E-state index is 0.705. The smallest absolute Gasteiger partial charge is 0.160 e. The molecule has 180 valence electrons. The second-order valence-electron chi connectivity index (χ2n) is 8.90. The molecule has 0 spiro atoms. The minimum atomic E-state index is 0.705. The molecule has 1 aliphatic rings. The van der Waals surface area contributed by atoms with Gasteiger partial charge >= 0.3 is 0 Å². The molecule has 5 rings (SSSR count). The first-order chi connectivity index (χ1) is 18.1. The highest BCUT2D eigenvalue weighted by Crippen LogP contribution is 2.33. The van der Waals surface area contributed by atoms with E-state index in [2.05, 4.69) is 95.8 Å². The lowest BCUT2D eigenvalue weighted by molar-refractivity contribution is 0.980. The predicted octanol–water partition coefficient (Wildman–Crippen LogP) is 9.64. The van der Waals surface area contributed by atoms with E-state index in [1.165, 1.54) is 11.1 Å². The SMILES string of the molecule is C=C/C=C\C(=C)C1=CC(c2cc(-c3cccc(-c4ccccc4)c3)nc(-c3ccc(Br)cc3)n2)=CCC1. The zero-order valence-electron chi connectivity index (χ0n) is 20.6. The molecule has 0 radical (unpaired) electrons. The van der Waals surface area contributed by atoms with Crippen molar-refractivity contribution in [3.63, 3.8) is 0 Å². The molecule has 2 nitrogen and oxygen atoms in total. The third-order valence-corrected chi connectivity index (χ3v) is 6.87. The molecule has 3 aromatic carbocycles. The Hall–Kier alpha value is -4.08. The van der Waals surface area contributed by atoms with E-state index in [4.69, 9.17) is 9.97 Å². The predicted molar refractivity (Wildman–Crippen MR) is 160 cm³/mol. The number of nitrogens with zero attached hydrogens (tertiary/aromatic N) is 2. The Morgan fingerprint density at radius 3 is 2.30 bits per heavy atom. The van der Waals surface area contributed by atoms with E-state index in [0.717, 1.165) is 56.5 Å². The third-order valence-electron chi connectivity index (χ3n) is 6.34. The van der Waals surface area contributed by atoms with Crippen molar-refractivity contribution < 1.29 is 0 Å². The summed E-state index contributed by atoms with van der Waals surface area (Å²) in [4.78, 5) is 10.0. The van der Waals surface area contributed by atoms with E-state index in [1.54, 1.807) is 6.08 Å². The lowest BCUT2D eigenvalue weighted by atomic mass is 9.92. The van der Waals surface area contributed by atoms with Crippen LogP contribution in [0.4, 0.5) is 0 Å². The van der Waals surface area contributed by atoms with Gasteiger partial charge in [-0.1, -0.05) is 114 Å². The van der Waals surface area contributed by atoms with Gasteiger partial charge in [-0.15, -0.1) is 0 Å². The zero-order chi connectivity index (χ0) is 25.6. The first-order valence-electron chi connectivity index (χ1n) is 12.3. The molecule has 0 atom stereocenters. The van der Waals surface area contributed by atoms with Crippen molar-refractivity contribution in [2.24, 2.45) is 0 Å². The summed E-state index contributed by atoms with van der Waals surface area (Å²) < 4.78 is 1.02. The molecule has 0 unspecified atom stereocenters. The maximum Gasteiger partial charge on any atom is 0.160 e. The molecule has 1 aromatic heterocycles. The lowest BCUT2D eigenvalue weighted by Crippen LogP contribution is -2.00. The second kappa shape index (κ2) is 11.3. The molecule has 4 aromatic rings. The van der Waals surface area contributed by atoms with Crippen LogP contribution in [0.2, 0.25) is 0 Å². The molecule has 0 amide bonds. The van der Waals surface area contributed by atoms with Gasteiger partial charge in [-0.25, -0.2) is 9.97 Å². The van der Waals surface area contributed by atoms with Crippen molar-refractivity contribution >= 4 is 21.5 Å². The van der Waals surface area contributed by atoms with Gasteiger partial charge in [-0.05, 0) is 71.0 Å². The molecular formula is C34H27BrN2. The van der Waals surface area contributed by atoms with Gasteiger partial charge in [0.05, 0.1) is 11.4 Å². The van der Waals surface area contributed by atoms with Crippen LogP contribution in [0.25, 0.3) is 39.3 Å². The van der Waals surface area contributed by atoms with Gasteiger partial charge in [0.25, 0.3) is 0 Å². The number of halogens is 1. The maximum absolute atomic E-state index is 5.02. The van der Waals surface area contributed by atoms with E-state index < -0.39 is 0 Å². The third kappa shape index (κ3) is 5.84. The van der Waals surface area contributed by atoms with E-state index in [1.807, 2.05) is 42.5 Å². The second-order valence-corrected chi connectivity index (χ2v) is 9.82. The summed E-state index contributed by atoms with van der Waals surface area (Å²) >= 11 is 3.54. The lowest BCUT2D eigenvalue weighted by Gasteiger charge is -2.16. The normalized spacial score (nSPS) is 13.2. The van der Waals surface area contributed by atoms with Crippen LogP contribution in [0.1, 0.15) is 18.5 Å². The number of hydrogen-bond acceptors (Lipinski definition) is 2. The van der Waals surface area contributed by atoms with E-state index in [0.29, 0.717) is 5.82 Å². The number of rotatable bonds is 7. The molecule has 0 saturated carbocycles. The summed E-state index contributed by atoms with van der Waals surface area (Å²) in [5, 5.41) is 0. The van der Waals surface area contributed by atoms with Crippen LogP contribution in [0.5, 0.6) is 0 Å². The summed E-state index contributed by atoms with van der Waals surface area (Å²) in [6, 6.07) is 29.2. The molecule has 0 bridgehead atoms. The topological polar surface area (TPSA) is 25.8 Å². The van der Waals surface area contributed by atoms with E-state index in [9.17, 15) is 0 Å². The summed E-state index contributed by atoms with van der Waals surface area (Å²) in [5.41, 5.74) is 9.49. The largest absolute Gasteiger partial charge is 0.228 e. The number of aromatic nitrogens is 2. The summed E-state index contributed by atoms with van der Waals surface area (Å²) in [6.07, 6.45) is 12.1. The monoisotopic (exact) mass is 542 g/mol. The van der Waals surface area contributed by atoms with Crippen molar-refractivity contribution in [2.75, 3.05) is 0 Å². The van der Waals surface area contributed by atoms with Crippen LogP contribution in [-0.4, -0.2) is 9.97 Å². The van der Waals surface area contributed by atoms with Gasteiger partial charge in [-0.2, -0.15) is 0 Å². The quantitative estimate of drug-likeness (QED) is 0.217. The summed E-state index contributed by atoms with van der Waals surface area (Å²) in [7, 11) is 0. The molecule has 1 aliphatic carbocycles. The van der Waals surface area contributed by atoms with Crippen LogP contribution < -0.4 is 0 Å². The fraction of sp³-hybridized carbons (Fsp3) is 0.0588. The number of hydrogen-bond donors (Lipinski definition) is 0. The number of benzene rings is 3. The first kappa shape index (κ1) is 24.6. The van der Waals surface area contributed by atoms with Gasteiger partial charge in [0.2, 0.25) is 0 Å². The van der Waals surface area contributed by atoms with Crippen molar-refractivity contribution in [3.8, 4) is 33.8 Å². The highest BCUT2D eigenvalue weighted by molar-refractivity contribution is 9.10. The molecule has 0 aliphatic heterocycles.